The molecule has 0 amide bonds. The number of nitrogens with zero attached hydrogens (tertiary/aromatic N) is 1. The molecule has 0 aromatic heterocycles. The van der Waals surface area contributed by atoms with Crippen molar-refractivity contribution in [3.63, 3.8) is 0 Å². The first-order valence-corrected chi connectivity index (χ1v) is 6.61. The van der Waals surface area contributed by atoms with Crippen LogP contribution in [0.1, 0.15) is 33.6 Å². The Bertz CT molecular complexity index is 203. The van der Waals surface area contributed by atoms with Gasteiger partial charge in [-0.25, -0.2) is 0 Å². The van der Waals surface area contributed by atoms with Crippen molar-refractivity contribution in [1.82, 2.24) is 10.2 Å². The largest absolute Gasteiger partial charge is 0.314 e. The van der Waals surface area contributed by atoms with Crippen LogP contribution in [0.5, 0.6) is 0 Å². The standard InChI is InChI=1S/C13H26N2/c1-10-7-14-12(3)4-5-15(8-10)9-13-6-11(13)2/h10-14H,4-9H2,1-3H3. The molecule has 1 saturated heterocycles. The maximum atomic E-state index is 3.61. The predicted molar refractivity (Wildman–Crippen MR) is 65.0 cm³/mol. The van der Waals surface area contributed by atoms with Gasteiger partial charge in [-0.2, -0.15) is 0 Å². The van der Waals surface area contributed by atoms with Gasteiger partial charge in [-0.05, 0) is 50.6 Å². The van der Waals surface area contributed by atoms with E-state index in [9.17, 15) is 0 Å². The quantitative estimate of drug-likeness (QED) is 0.749. The maximum Gasteiger partial charge on any atom is 0.00510 e. The molecular formula is C13H26N2. The minimum absolute atomic E-state index is 0.701. The molecule has 2 fully saturated rings. The summed E-state index contributed by atoms with van der Waals surface area (Å²) in [7, 11) is 0. The van der Waals surface area contributed by atoms with Crippen LogP contribution in [0.2, 0.25) is 0 Å². The highest BCUT2D eigenvalue weighted by molar-refractivity contribution is 4.86. The monoisotopic (exact) mass is 210 g/mol. The topological polar surface area (TPSA) is 15.3 Å². The van der Waals surface area contributed by atoms with E-state index in [1.54, 1.807) is 0 Å². The summed E-state index contributed by atoms with van der Waals surface area (Å²) in [5.74, 6) is 2.82. The van der Waals surface area contributed by atoms with E-state index in [4.69, 9.17) is 0 Å². The molecule has 0 radical (unpaired) electrons. The predicted octanol–water partition coefficient (Wildman–Crippen LogP) is 1.96. The van der Waals surface area contributed by atoms with Gasteiger partial charge in [0.25, 0.3) is 0 Å². The van der Waals surface area contributed by atoms with Crippen LogP contribution in [0, 0.1) is 17.8 Å². The van der Waals surface area contributed by atoms with Crippen LogP contribution in [0.25, 0.3) is 0 Å². The van der Waals surface area contributed by atoms with Crippen molar-refractivity contribution in [3.8, 4) is 0 Å². The first-order chi connectivity index (χ1) is 7.15. The highest BCUT2D eigenvalue weighted by Gasteiger charge is 2.34. The molecule has 1 aliphatic carbocycles. The van der Waals surface area contributed by atoms with E-state index in [1.165, 1.54) is 39.0 Å². The third kappa shape index (κ3) is 3.46. The summed E-state index contributed by atoms with van der Waals surface area (Å²) in [4.78, 5) is 2.70. The smallest absolute Gasteiger partial charge is 0.00510 e. The first kappa shape index (κ1) is 11.4. The van der Waals surface area contributed by atoms with Crippen LogP contribution in [-0.4, -0.2) is 37.1 Å². The van der Waals surface area contributed by atoms with Gasteiger partial charge >= 0.3 is 0 Å². The lowest BCUT2D eigenvalue weighted by Crippen LogP contribution is -2.43. The number of nitrogens with one attached hydrogen (secondary N) is 1. The Morgan fingerprint density at radius 3 is 2.67 bits per heavy atom. The Kier molecular flexibility index (Phi) is 3.68. The van der Waals surface area contributed by atoms with Gasteiger partial charge in [0.15, 0.2) is 0 Å². The highest BCUT2D eigenvalue weighted by atomic mass is 15.1. The summed E-state index contributed by atoms with van der Waals surface area (Å²) >= 11 is 0. The third-order valence-corrected chi connectivity index (χ3v) is 4.03. The molecular weight excluding hydrogens is 184 g/mol. The second kappa shape index (κ2) is 4.84. The van der Waals surface area contributed by atoms with Crippen LogP contribution >= 0.6 is 0 Å². The minimum atomic E-state index is 0.701. The van der Waals surface area contributed by atoms with E-state index >= 15 is 0 Å². The lowest BCUT2D eigenvalue weighted by atomic mass is 10.1. The minimum Gasteiger partial charge on any atom is -0.314 e. The highest BCUT2D eigenvalue weighted by Crippen LogP contribution is 2.38. The Balaban J connectivity index is 1.80. The van der Waals surface area contributed by atoms with Gasteiger partial charge in [-0.15, -0.1) is 0 Å². The van der Waals surface area contributed by atoms with Crippen LogP contribution in [0.3, 0.4) is 0 Å². The van der Waals surface area contributed by atoms with Crippen LogP contribution in [0.4, 0.5) is 0 Å². The molecule has 15 heavy (non-hydrogen) atoms. The summed E-state index contributed by atoms with van der Waals surface area (Å²) in [5, 5.41) is 3.61. The van der Waals surface area contributed by atoms with Crippen molar-refractivity contribution in [3.05, 3.63) is 0 Å². The third-order valence-electron chi connectivity index (χ3n) is 4.03. The molecule has 1 aliphatic heterocycles. The lowest BCUT2D eigenvalue weighted by molar-refractivity contribution is 0.193. The summed E-state index contributed by atoms with van der Waals surface area (Å²) < 4.78 is 0. The number of hydrogen-bond acceptors (Lipinski definition) is 2. The molecule has 1 saturated carbocycles. The summed E-state index contributed by atoms with van der Waals surface area (Å²) in [6.07, 6.45) is 2.78. The molecule has 0 spiro atoms. The molecule has 4 atom stereocenters. The van der Waals surface area contributed by atoms with E-state index in [-0.39, 0.29) is 0 Å². The molecule has 1 N–H and O–H groups in total. The Morgan fingerprint density at radius 1 is 1.27 bits per heavy atom. The number of hydrogen-bond donors (Lipinski definition) is 1. The van der Waals surface area contributed by atoms with Gasteiger partial charge in [0.2, 0.25) is 0 Å². The fourth-order valence-electron chi connectivity index (χ4n) is 2.63. The molecule has 2 heteroatoms. The molecule has 2 rings (SSSR count). The van der Waals surface area contributed by atoms with Crippen molar-refractivity contribution < 1.29 is 0 Å². The van der Waals surface area contributed by atoms with Gasteiger partial charge in [-0.3, -0.25) is 0 Å². The van der Waals surface area contributed by atoms with Crippen LogP contribution in [0.15, 0.2) is 0 Å². The molecule has 1 heterocycles. The SMILES string of the molecule is CC1CNC(C)CCN(CC2CC2C)C1. The van der Waals surface area contributed by atoms with Crippen molar-refractivity contribution in [2.24, 2.45) is 17.8 Å². The zero-order chi connectivity index (χ0) is 10.8. The molecule has 88 valence electrons. The van der Waals surface area contributed by atoms with Crippen molar-refractivity contribution in [2.75, 3.05) is 26.2 Å². The Hall–Kier alpha value is -0.0800. The lowest BCUT2D eigenvalue weighted by Gasteiger charge is -2.31. The molecule has 4 unspecified atom stereocenters. The summed E-state index contributed by atoms with van der Waals surface area (Å²) in [6, 6.07) is 0.701. The molecule has 2 nitrogen and oxygen atoms in total. The van der Waals surface area contributed by atoms with E-state index < -0.39 is 0 Å². The van der Waals surface area contributed by atoms with Gasteiger partial charge in [0.05, 0.1) is 0 Å². The summed E-state index contributed by atoms with van der Waals surface area (Å²) in [6.45, 7) is 12.2. The first-order valence-electron chi connectivity index (χ1n) is 6.61. The van der Waals surface area contributed by atoms with Gasteiger partial charge in [0.1, 0.15) is 0 Å². The zero-order valence-corrected chi connectivity index (χ0v) is 10.5. The van der Waals surface area contributed by atoms with E-state index in [1.807, 2.05) is 0 Å². The zero-order valence-electron chi connectivity index (χ0n) is 10.5. The summed E-state index contributed by atoms with van der Waals surface area (Å²) in [5.41, 5.74) is 0. The van der Waals surface area contributed by atoms with Crippen molar-refractivity contribution in [1.29, 1.82) is 0 Å². The van der Waals surface area contributed by atoms with E-state index in [0.29, 0.717) is 6.04 Å². The van der Waals surface area contributed by atoms with Crippen molar-refractivity contribution in [2.45, 2.75) is 39.7 Å². The van der Waals surface area contributed by atoms with Crippen LogP contribution in [-0.2, 0) is 0 Å². The second-order valence-electron chi connectivity index (χ2n) is 5.94. The molecule has 0 aromatic carbocycles. The molecule has 0 aromatic rings. The maximum absolute atomic E-state index is 3.61. The fraction of sp³-hybridized carbons (Fsp3) is 1.00. The fourth-order valence-corrected chi connectivity index (χ4v) is 2.63. The Morgan fingerprint density at radius 2 is 2.00 bits per heavy atom. The van der Waals surface area contributed by atoms with E-state index in [0.717, 1.165) is 17.8 Å². The number of rotatable bonds is 2. The molecule has 2 aliphatic rings. The normalized spacial score (nSPS) is 43.4. The molecule has 0 bridgehead atoms. The van der Waals surface area contributed by atoms with Gasteiger partial charge < -0.3 is 10.2 Å². The van der Waals surface area contributed by atoms with Crippen molar-refractivity contribution >= 4 is 0 Å². The van der Waals surface area contributed by atoms with Gasteiger partial charge in [-0.1, -0.05) is 13.8 Å². The van der Waals surface area contributed by atoms with Gasteiger partial charge in [0, 0.05) is 19.1 Å². The average Bonchev–Trinajstić information content (AvgIpc) is 2.85. The van der Waals surface area contributed by atoms with Crippen LogP contribution < -0.4 is 5.32 Å². The Labute approximate surface area is 94.4 Å². The van der Waals surface area contributed by atoms with E-state index in [2.05, 4.69) is 31.0 Å². The average molecular weight is 210 g/mol. The second-order valence-corrected chi connectivity index (χ2v) is 5.94.